The van der Waals surface area contributed by atoms with E-state index in [2.05, 4.69) is 30.9 Å². The summed E-state index contributed by atoms with van der Waals surface area (Å²) in [5.41, 5.74) is 7.54. The Bertz CT molecular complexity index is 390. The molecule has 1 aromatic rings. The maximum atomic E-state index is 5.96. The van der Waals surface area contributed by atoms with Crippen molar-refractivity contribution < 1.29 is 0 Å². The first-order valence-electron chi connectivity index (χ1n) is 6.77. The average Bonchev–Trinajstić information content (AvgIpc) is 2.76. The summed E-state index contributed by atoms with van der Waals surface area (Å²) in [6.07, 6.45) is 2.33. The zero-order valence-electron chi connectivity index (χ0n) is 11.3. The first-order chi connectivity index (χ1) is 8.58. The smallest absolute Gasteiger partial charge is 0.0406 e. The van der Waals surface area contributed by atoms with Crippen LogP contribution in [0.1, 0.15) is 38.3 Å². The highest BCUT2D eigenvalue weighted by Gasteiger charge is 2.35. The minimum Gasteiger partial charge on any atom is -0.330 e. The standard InChI is InChI=1S/C15H23ClN2/c1-3-14(12-4-6-13(16)7-5-12)18-9-8-15(2,10-17)11-18/h4-7,14H,3,8-11,17H2,1-2H3. The molecule has 0 bridgehead atoms. The normalized spacial score (nSPS) is 26.4. The van der Waals surface area contributed by atoms with Crippen LogP contribution < -0.4 is 5.73 Å². The second-order valence-electron chi connectivity index (χ2n) is 5.71. The van der Waals surface area contributed by atoms with Gasteiger partial charge in [0.2, 0.25) is 0 Å². The second-order valence-corrected chi connectivity index (χ2v) is 6.15. The van der Waals surface area contributed by atoms with Crippen molar-refractivity contribution in [2.24, 2.45) is 11.1 Å². The van der Waals surface area contributed by atoms with E-state index in [0.717, 1.165) is 31.1 Å². The van der Waals surface area contributed by atoms with Crippen molar-refractivity contribution in [3.63, 3.8) is 0 Å². The van der Waals surface area contributed by atoms with Crippen LogP contribution in [0.15, 0.2) is 24.3 Å². The minimum absolute atomic E-state index is 0.292. The van der Waals surface area contributed by atoms with Gasteiger partial charge in [-0.25, -0.2) is 0 Å². The molecule has 1 aliphatic heterocycles. The molecule has 100 valence electrons. The predicted molar refractivity (Wildman–Crippen MR) is 77.8 cm³/mol. The van der Waals surface area contributed by atoms with Gasteiger partial charge in [-0.2, -0.15) is 0 Å². The molecular weight excluding hydrogens is 244 g/mol. The highest BCUT2D eigenvalue weighted by atomic mass is 35.5. The lowest BCUT2D eigenvalue weighted by atomic mass is 9.90. The van der Waals surface area contributed by atoms with Gasteiger partial charge in [0, 0.05) is 17.6 Å². The van der Waals surface area contributed by atoms with Crippen molar-refractivity contribution in [3.05, 3.63) is 34.9 Å². The van der Waals surface area contributed by atoms with Crippen LogP contribution >= 0.6 is 11.6 Å². The van der Waals surface area contributed by atoms with Crippen LogP contribution in [0.4, 0.5) is 0 Å². The van der Waals surface area contributed by atoms with Gasteiger partial charge in [0.05, 0.1) is 0 Å². The zero-order chi connectivity index (χ0) is 13.2. The molecule has 0 spiro atoms. The van der Waals surface area contributed by atoms with Gasteiger partial charge >= 0.3 is 0 Å². The summed E-state index contributed by atoms with van der Waals surface area (Å²) < 4.78 is 0. The van der Waals surface area contributed by atoms with E-state index in [1.807, 2.05) is 12.1 Å². The molecule has 2 atom stereocenters. The third-order valence-electron chi connectivity index (χ3n) is 4.16. The number of nitrogens with two attached hydrogens (primary N) is 1. The van der Waals surface area contributed by atoms with Crippen molar-refractivity contribution in [1.29, 1.82) is 0 Å². The van der Waals surface area contributed by atoms with Crippen molar-refractivity contribution in [2.45, 2.75) is 32.7 Å². The van der Waals surface area contributed by atoms with Crippen LogP contribution in [0.5, 0.6) is 0 Å². The molecule has 18 heavy (non-hydrogen) atoms. The molecule has 1 aromatic carbocycles. The van der Waals surface area contributed by atoms with Gasteiger partial charge in [0.25, 0.3) is 0 Å². The first kappa shape index (κ1) is 13.9. The van der Waals surface area contributed by atoms with Gasteiger partial charge in [-0.05, 0) is 49.0 Å². The fraction of sp³-hybridized carbons (Fsp3) is 0.600. The van der Waals surface area contributed by atoms with E-state index in [-0.39, 0.29) is 0 Å². The number of halogens is 1. The summed E-state index contributed by atoms with van der Waals surface area (Å²) in [7, 11) is 0. The van der Waals surface area contributed by atoms with E-state index in [0.29, 0.717) is 11.5 Å². The summed E-state index contributed by atoms with van der Waals surface area (Å²) in [6.45, 7) is 7.57. The largest absolute Gasteiger partial charge is 0.330 e. The second kappa shape index (κ2) is 5.60. The van der Waals surface area contributed by atoms with Gasteiger partial charge < -0.3 is 5.73 Å². The SMILES string of the molecule is CCC(c1ccc(Cl)cc1)N1CCC(C)(CN)C1. The molecule has 0 saturated carbocycles. The Morgan fingerprint density at radius 3 is 2.56 bits per heavy atom. The van der Waals surface area contributed by atoms with E-state index in [4.69, 9.17) is 17.3 Å². The van der Waals surface area contributed by atoms with Crippen molar-refractivity contribution in [1.82, 2.24) is 4.90 Å². The number of rotatable bonds is 4. The maximum absolute atomic E-state index is 5.96. The Morgan fingerprint density at radius 1 is 1.39 bits per heavy atom. The summed E-state index contributed by atoms with van der Waals surface area (Å²) in [5, 5.41) is 0.807. The molecule has 2 N–H and O–H groups in total. The van der Waals surface area contributed by atoms with E-state index < -0.39 is 0 Å². The predicted octanol–water partition coefficient (Wildman–Crippen LogP) is 3.46. The monoisotopic (exact) mass is 266 g/mol. The fourth-order valence-electron chi connectivity index (χ4n) is 2.88. The Balaban J connectivity index is 2.13. The third-order valence-corrected chi connectivity index (χ3v) is 4.41. The van der Waals surface area contributed by atoms with Gasteiger partial charge in [0.1, 0.15) is 0 Å². The lowest BCUT2D eigenvalue weighted by Crippen LogP contribution is -2.33. The summed E-state index contributed by atoms with van der Waals surface area (Å²) in [6, 6.07) is 8.76. The van der Waals surface area contributed by atoms with Crippen molar-refractivity contribution in [3.8, 4) is 0 Å². The van der Waals surface area contributed by atoms with E-state index >= 15 is 0 Å². The lowest BCUT2D eigenvalue weighted by molar-refractivity contribution is 0.209. The molecule has 0 radical (unpaired) electrons. The molecular formula is C15H23ClN2. The zero-order valence-corrected chi connectivity index (χ0v) is 12.1. The average molecular weight is 267 g/mol. The molecule has 1 heterocycles. The van der Waals surface area contributed by atoms with Crippen LogP contribution in [0.25, 0.3) is 0 Å². The Labute approximate surface area is 115 Å². The number of hydrogen-bond donors (Lipinski definition) is 1. The number of likely N-dealkylation sites (tertiary alicyclic amines) is 1. The van der Waals surface area contributed by atoms with E-state index in [1.165, 1.54) is 12.0 Å². The number of benzene rings is 1. The van der Waals surface area contributed by atoms with E-state index in [1.54, 1.807) is 0 Å². The summed E-state index contributed by atoms with van der Waals surface area (Å²) >= 11 is 5.96. The van der Waals surface area contributed by atoms with E-state index in [9.17, 15) is 0 Å². The molecule has 3 heteroatoms. The molecule has 2 nitrogen and oxygen atoms in total. The van der Waals surface area contributed by atoms with Crippen molar-refractivity contribution in [2.75, 3.05) is 19.6 Å². The van der Waals surface area contributed by atoms with Gasteiger partial charge in [0.15, 0.2) is 0 Å². The molecule has 2 unspecified atom stereocenters. The van der Waals surface area contributed by atoms with Crippen LogP contribution in [-0.2, 0) is 0 Å². The highest BCUT2D eigenvalue weighted by molar-refractivity contribution is 6.30. The van der Waals surface area contributed by atoms with Gasteiger partial charge in [-0.1, -0.05) is 37.6 Å². The van der Waals surface area contributed by atoms with Crippen molar-refractivity contribution >= 4 is 11.6 Å². The quantitative estimate of drug-likeness (QED) is 0.904. The molecule has 2 rings (SSSR count). The Hall–Kier alpha value is -0.570. The highest BCUT2D eigenvalue weighted by Crippen LogP contribution is 2.36. The van der Waals surface area contributed by atoms with Crippen LogP contribution in [-0.4, -0.2) is 24.5 Å². The Kier molecular flexibility index (Phi) is 4.31. The van der Waals surface area contributed by atoms with Crippen LogP contribution in [0.2, 0.25) is 5.02 Å². The molecule has 1 aliphatic rings. The Morgan fingerprint density at radius 2 is 2.06 bits per heavy atom. The molecule has 0 amide bonds. The number of nitrogens with zero attached hydrogens (tertiary/aromatic N) is 1. The summed E-state index contributed by atoms with van der Waals surface area (Å²) in [5.74, 6) is 0. The lowest BCUT2D eigenvalue weighted by Gasteiger charge is -2.29. The summed E-state index contributed by atoms with van der Waals surface area (Å²) in [4.78, 5) is 2.57. The van der Waals surface area contributed by atoms with Gasteiger partial charge in [-0.3, -0.25) is 4.90 Å². The maximum Gasteiger partial charge on any atom is 0.0406 e. The van der Waals surface area contributed by atoms with Crippen LogP contribution in [0.3, 0.4) is 0 Å². The molecule has 0 aliphatic carbocycles. The molecule has 1 saturated heterocycles. The first-order valence-corrected chi connectivity index (χ1v) is 7.15. The third kappa shape index (κ3) is 2.87. The molecule has 0 aromatic heterocycles. The minimum atomic E-state index is 0.292. The topological polar surface area (TPSA) is 29.3 Å². The molecule has 1 fully saturated rings. The number of hydrogen-bond acceptors (Lipinski definition) is 2. The van der Waals surface area contributed by atoms with Crippen LogP contribution in [0, 0.1) is 5.41 Å². The van der Waals surface area contributed by atoms with Gasteiger partial charge in [-0.15, -0.1) is 0 Å². The fourth-order valence-corrected chi connectivity index (χ4v) is 3.01.